The van der Waals surface area contributed by atoms with E-state index in [9.17, 15) is 4.39 Å². The molecule has 0 fully saturated rings. The quantitative estimate of drug-likeness (QED) is 0.135. The van der Waals surface area contributed by atoms with Crippen LogP contribution in [0.2, 0.25) is 0 Å². The number of aromatic nitrogens is 2. The van der Waals surface area contributed by atoms with Crippen LogP contribution in [0.5, 0.6) is 23.0 Å². The number of nitrogens with one attached hydrogen (secondary N) is 1. The zero-order valence-corrected chi connectivity index (χ0v) is 25.1. The normalized spacial score (nSPS) is 11.4. The number of methoxy groups -OCH3 is 2. The highest BCUT2D eigenvalue weighted by atomic mass is 32.1. The minimum atomic E-state index is -0.347. The van der Waals surface area contributed by atoms with Crippen molar-refractivity contribution in [3.63, 3.8) is 0 Å². The highest BCUT2D eigenvalue weighted by Gasteiger charge is 2.19. The second-order valence-electron chi connectivity index (χ2n) is 9.03. The van der Waals surface area contributed by atoms with Crippen LogP contribution in [-0.2, 0) is 0 Å². The van der Waals surface area contributed by atoms with Gasteiger partial charge in [-0.05, 0) is 56.8 Å². The molecule has 0 aliphatic rings. The number of hydrogen-bond acceptors (Lipinski definition) is 10. The van der Waals surface area contributed by atoms with E-state index in [2.05, 4.69) is 39.2 Å². The van der Waals surface area contributed by atoms with E-state index in [1.807, 2.05) is 26.0 Å². The van der Waals surface area contributed by atoms with Gasteiger partial charge in [0.25, 0.3) is 0 Å². The van der Waals surface area contributed by atoms with Crippen molar-refractivity contribution in [3.8, 4) is 33.4 Å². The lowest BCUT2D eigenvalue weighted by Gasteiger charge is -2.20. The van der Waals surface area contributed by atoms with E-state index in [0.29, 0.717) is 42.0 Å². The third-order valence-corrected chi connectivity index (χ3v) is 7.93. The molecule has 0 aliphatic carbocycles. The van der Waals surface area contributed by atoms with Crippen molar-refractivity contribution in [2.75, 3.05) is 52.5 Å². The van der Waals surface area contributed by atoms with Crippen LogP contribution >= 0.6 is 11.3 Å². The van der Waals surface area contributed by atoms with Crippen molar-refractivity contribution >= 4 is 33.6 Å². The monoisotopic (exact) mass is 581 g/mol. The lowest BCUT2D eigenvalue weighted by molar-refractivity contribution is 0.211. The molecule has 0 saturated heterocycles. The second kappa shape index (κ2) is 14.1. The molecule has 4 rings (SSSR count). The summed E-state index contributed by atoms with van der Waals surface area (Å²) in [4.78, 5) is 12.1. The number of hydrogen-bond donors (Lipinski definition) is 1. The summed E-state index contributed by atoms with van der Waals surface area (Å²) in [5.74, 6) is 2.36. The molecule has 218 valence electrons. The van der Waals surface area contributed by atoms with Gasteiger partial charge < -0.3 is 23.8 Å². The van der Waals surface area contributed by atoms with Gasteiger partial charge in [-0.25, -0.2) is 14.4 Å². The third kappa shape index (κ3) is 6.86. The van der Waals surface area contributed by atoms with Gasteiger partial charge in [0.05, 0.1) is 37.3 Å². The van der Waals surface area contributed by atoms with E-state index in [4.69, 9.17) is 18.9 Å². The summed E-state index contributed by atoms with van der Waals surface area (Å²) in [6.45, 7) is 11.8. The second-order valence-corrected chi connectivity index (χ2v) is 10.1. The number of thiophene rings is 1. The summed E-state index contributed by atoms with van der Waals surface area (Å²) in [5.41, 5.74) is 6.35. The fourth-order valence-corrected chi connectivity index (χ4v) is 5.65. The molecule has 0 spiro atoms. The third-order valence-electron chi connectivity index (χ3n) is 6.61. The van der Waals surface area contributed by atoms with Gasteiger partial charge in [-0.3, -0.25) is 5.43 Å². The van der Waals surface area contributed by atoms with E-state index >= 15 is 0 Å². The molecule has 11 heteroatoms. The average molecular weight is 582 g/mol. The molecule has 0 amide bonds. The zero-order chi connectivity index (χ0) is 29.4. The number of ether oxygens (including phenoxy) is 4. The maximum atomic E-state index is 13.9. The lowest BCUT2D eigenvalue weighted by atomic mass is 10.1. The Balaban J connectivity index is 1.58. The Bertz CT molecular complexity index is 1480. The molecule has 2 aromatic heterocycles. The van der Waals surface area contributed by atoms with Crippen molar-refractivity contribution in [2.24, 2.45) is 5.10 Å². The van der Waals surface area contributed by atoms with Crippen LogP contribution in [0.3, 0.4) is 0 Å². The molecular formula is C30H36FN5O4S. The van der Waals surface area contributed by atoms with Crippen LogP contribution < -0.4 is 24.4 Å². The largest absolute Gasteiger partial charge is 0.493 e. The van der Waals surface area contributed by atoms with Gasteiger partial charge in [-0.15, -0.1) is 11.3 Å². The van der Waals surface area contributed by atoms with Crippen LogP contribution in [0.25, 0.3) is 20.7 Å². The van der Waals surface area contributed by atoms with E-state index in [1.165, 1.54) is 29.8 Å². The molecule has 4 aromatic rings. The minimum absolute atomic E-state index is 0.347. The molecule has 2 aromatic carbocycles. The number of likely N-dealkylation sites (N-methyl/N-ethyl adjacent to an activating group) is 1. The van der Waals surface area contributed by atoms with Crippen molar-refractivity contribution < 1.29 is 23.3 Å². The topological polar surface area (TPSA) is 90.3 Å². The maximum absolute atomic E-state index is 13.9. The summed E-state index contributed by atoms with van der Waals surface area (Å²) in [6, 6.07) is 8.25. The van der Waals surface area contributed by atoms with Gasteiger partial charge in [0.1, 0.15) is 24.5 Å². The number of aryl methyl sites for hydroxylation is 1. The Labute approximate surface area is 243 Å². The Kier molecular flexibility index (Phi) is 10.3. The Morgan fingerprint density at radius 2 is 1.73 bits per heavy atom. The lowest BCUT2D eigenvalue weighted by Crippen LogP contribution is -2.28. The van der Waals surface area contributed by atoms with Crippen molar-refractivity contribution in [2.45, 2.75) is 27.7 Å². The van der Waals surface area contributed by atoms with Gasteiger partial charge in [0.15, 0.2) is 17.3 Å². The number of nitrogens with zero attached hydrogens (tertiary/aromatic N) is 4. The Hall–Kier alpha value is -3.96. The number of benzene rings is 2. The van der Waals surface area contributed by atoms with Gasteiger partial charge in [-0.2, -0.15) is 5.10 Å². The van der Waals surface area contributed by atoms with E-state index < -0.39 is 0 Å². The van der Waals surface area contributed by atoms with Gasteiger partial charge in [-0.1, -0.05) is 13.8 Å². The first-order valence-electron chi connectivity index (χ1n) is 13.5. The molecular weight excluding hydrogens is 545 g/mol. The molecule has 1 N–H and O–H groups in total. The van der Waals surface area contributed by atoms with Gasteiger partial charge in [0.2, 0.25) is 5.75 Å². The van der Waals surface area contributed by atoms with Crippen molar-refractivity contribution in [1.82, 2.24) is 14.9 Å². The highest BCUT2D eigenvalue weighted by molar-refractivity contribution is 7.23. The molecule has 0 radical (unpaired) electrons. The summed E-state index contributed by atoms with van der Waals surface area (Å²) >= 11 is 1.50. The zero-order valence-electron chi connectivity index (χ0n) is 24.3. The Morgan fingerprint density at radius 3 is 2.39 bits per heavy atom. The van der Waals surface area contributed by atoms with E-state index in [0.717, 1.165) is 51.4 Å². The predicted octanol–water partition coefficient (Wildman–Crippen LogP) is 6.39. The summed E-state index contributed by atoms with van der Waals surface area (Å²) in [5, 5.41) is 4.43. The average Bonchev–Trinajstić information content (AvgIpc) is 3.32. The summed E-state index contributed by atoms with van der Waals surface area (Å²) in [6.07, 6.45) is 3.15. The maximum Gasteiger partial charge on any atom is 0.203 e. The molecule has 0 atom stereocenters. The molecule has 0 bridgehead atoms. The molecule has 0 saturated carbocycles. The van der Waals surface area contributed by atoms with Crippen LogP contribution in [0.1, 0.15) is 31.9 Å². The van der Waals surface area contributed by atoms with Crippen molar-refractivity contribution in [1.29, 1.82) is 0 Å². The minimum Gasteiger partial charge on any atom is -0.493 e. The number of anilines is 1. The Morgan fingerprint density at radius 1 is 1.00 bits per heavy atom. The van der Waals surface area contributed by atoms with Crippen LogP contribution in [-0.4, -0.2) is 68.2 Å². The fraction of sp³-hybridized carbons (Fsp3) is 0.367. The van der Waals surface area contributed by atoms with E-state index in [-0.39, 0.29) is 5.82 Å². The van der Waals surface area contributed by atoms with Gasteiger partial charge >= 0.3 is 0 Å². The van der Waals surface area contributed by atoms with Crippen molar-refractivity contribution in [3.05, 3.63) is 53.6 Å². The fourth-order valence-electron chi connectivity index (χ4n) is 4.42. The number of hydrazone groups is 1. The summed E-state index contributed by atoms with van der Waals surface area (Å²) < 4.78 is 37.7. The standard InChI is InChI=1S/C30H36FN5O4S/c1-7-36(8-2)12-13-40-27-24(37-5)14-20(15-25(27)38-6)17-34-35-30-29-26(32-18-33-30)19(4)28(41-29)22-11-10-21(31)16-23(22)39-9-3/h10-11,14-18H,7-9,12-13H2,1-6H3,(H,32,33,35). The molecule has 41 heavy (non-hydrogen) atoms. The van der Waals surface area contributed by atoms with E-state index in [1.54, 1.807) is 26.5 Å². The van der Waals surface area contributed by atoms with Crippen LogP contribution in [0.4, 0.5) is 10.2 Å². The number of fused-ring (bicyclic) bond motifs is 1. The summed E-state index contributed by atoms with van der Waals surface area (Å²) in [7, 11) is 3.19. The van der Waals surface area contributed by atoms with Gasteiger partial charge in [0, 0.05) is 28.6 Å². The number of rotatable bonds is 14. The number of halogens is 1. The van der Waals surface area contributed by atoms with Crippen LogP contribution in [0, 0.1) is 12.7 Å². The smallest absolute Gasteiger partial charge is 0.203 e. The predicted molar refractivity (Wildman–Crippen MR) is 163 cm³/mol. The molecule has 9 nitrogen and oxygen atoms in total. The highest BCUT2D eigenvalue weighted by Crippen LogP contribution is 2.43. The first kappa shape index (κ1) is 30.0. The first-order chi connectivity index (χ1) is 19.9. The molecule has 0 unspecified atom stereocenters. The molecule has 0 aliphatic heterocycles. The van der Waals surface area contributed by atoms with Crippen LogP contribution in [0.15, 0.2) is 41.8 Å². The SMILES string of the molecule is CCOc1cc(F)ccc1-c1sc2c(NN=Cc3cc(OC)c(OCCN(CC)CC)c(OC)c3)ncnc2c1C. The molecule has 2 heterocycles. The first-order valence-corrected chi connectivity index (χ1v) is 14.3.